The highest BCUT2D eigenvalue weighted by Crippen LogP contribution is 2.35. The van der Waals surface area contributed by atoms with Gasteiger partial charge in [-0.1, -0.05) is 29.5 Å². The highest BCUT2D eigenvalue weighted by Gasteiger charge is 2.46. The largest absolute Gasteiger partial charge is 0.507 e. The van der Waals surface area contributed by atoms with E-state index in [9.17, 15) is 29.1 Å². The quantitative estimate of drug-likeness (QED) is 0.0836. The van der Waals surface area contributed by atoms with E-state index in [2.05, 4.69) is 31.5 Å². The smallest absolute Gasteiger partial charge is 0.266 e. The average Bonchev–Trinajstić information content (AvgIpc) is 3.97. The minimum Gasteiger partial charge on any atom is -0.507 e. The third-order valence-corrected chi connectivity index (χ3v) is 10.6. The maximum absolute atomic E-state index is 13.3. The van der Waals surface area contributed by atoms with Crippen molar-refractivity contribution in [3.63, 3.8) is 0 Å². The molecular weight excluding hydrogens is 704 g/mol. The Bertz CT molecular complexity index is 2200. The molecular formula is C40H40N8O7. The molecule has 0 aliphatic carbocycles. The molecule has 55 heavy (non-hydrogen) atoms. The predicted molar refractivity (Wildman–Crippen MR) is 197 cm³/mol. The van der Waals surface area contributed by atoms with Crippen LogP contribution in [0.25, 0.3) is 0 Å². The van der Waals surface area contributed by atoms with E-state index in [4.69, 9.17) is 9.72 Å². The van der Waals surface area contributed by atoms with Gasteiger partial charge in [0.05, 0.1) is 29.0 Å². The van der Waals surface area contributed by atoms with Crippen LogP contribution in [0.15, 0.2) is 79.1 Å². The van der Waals surface area contributed by atoms with Crippen molar-refractivity contribution in [3.8, 4) is 11.5 Å². The molecule has 15 heteroatoms. The maximum atomic E-state index is 13.3. The van der Waals surface area contributed by atoms with Crippen molar-refractivity contribution in [2.45, 2.75) is 69.6 Å². The number of ether oxygens (including phenoxy) is 1. The fraction of sp³-hybridized carbons (Fsp3) is 0.350. The van der Waals surface area contributed by atoms with Crippen molar-refractivity contribution >= 4 is 35.2 Å². The van der Waals surface area contributed by atoms with Crippen molar-refractivity contribution in [2.24, 2.45) is 0 Å². The number of amides is 4. The average molecular weight is 745 g/mol. The van der Waals surface area contributed by atoms with Gasteiger partial charge in [0.2, 0.25) is 11.8 Å². The first-order chi connectivity index (χ1) is 26.7. The number of carbonyl (C=O) groups is 5. The molecule has 4 aromatic rings. The van der Waals surface area contributed by atoms with E-state index in [0.717, 1.165) is 54.5 Å². The zero-order chi connectivity index (χ0) is 38.1. The lowest BCUT2D eigenvalue weighted by molar-refractivity contribution is -0.136. The Kier molecular flexibility index (Phi) is 9.83. The fourth-order valence-electron chi connectivity index (χ4n) is 7.89. The summed E-state index contributed by atoms with van der Waals surface area (Å²) < 4.78 is 7.77. The molecule has 3 saturated heterocycles. The molecule has 3 atom stereocenters. The van der Waals surface area contributed by atoms with Gasteiger partial charge in [-0.3, -0.25) is 38.9 Å². The van der Waals surface area contributed by atoms with Gasteiger partial charge >= 0.3 is 0 Å². The number of likely N-dealkylation sites (tertiary alicyclic amines) is 1. The summed E-state index contributed by atoms with van der Waals surface area (Å²) in [6, 6.07) is 17.1. The number of aromatic hydroxyl groups is 1. The third-order valence-electron chi connectivity index (χ3n) is 10.6. The Labute approximate surface area is 316 Å². The van der Waals surface area contributed by atoms with Gasteiger partial charge in [0.15, 0.2) is 5.78 Å². The van der Waals surface area contributed by atoms with E-state index >= 15 is 0 Å². The third kappa shape index (κ3) is 7.29. The predicted octanol–water partition coefficient (Wildman–Crippen LogP) is 3.08. The number of fused-ring (bicyclic) bond motifs is 3. The second kappa shape index (κ2) is 15.2. The van der Waals surface area contributed by atoms with Crippen molar-refractivity contribution in [3.05, 3.63) is 107 Å². The highest BCUT2D eigenvalue weighted by molar-refractivity contribution is 6.24. The fourth-order valence-corrected chi connectivity index (χ4v) is 7.89. The number of rotatable bonds is 14. The zero-order valence-electron chi connectivity index (χ0n) is 30.0. The minimum absolute atomic E-state index is 0.0137. The van der Waals surface area contributed by atoms with Crippen LogP contribution in [0.1, 0.15) is 74.6 Å². The molecule has 4 amide bonds. The lowest BCUT2D eigenvalue weighted by Gasteiger charge is -2.34. The van der Waals surface area contributed by atoms with Crippen LogP contribution in [0.5, 0.6) is 11.5 Å². The molecule has 2 aromatic carbocycles. The number of hydrogen-bond donors (Lipinski definition) is 2. The molecule has 0 saturated carbocycles. The number of benzene rings is 2. The van der Waals surface area contributed by atoms with E-state index < -0.39 is 29.7 Å². The summed E-state index contributed by atoms with van der Waals surface area (Å²) >= 11 is 0. The van der Waals surface area contributed by atoms with E-state index in [-0.39, 0.29) is 47.9 Å². The Balaban J connectivity index is 0.779. The molecule has 4 aliphatic rings. The van der Waals surface area contributed by atoms with E-state index in [1.165, 1.54) is 12.1 Å². The number of anilines is 1. The van der Waals surface area contributed by atoms with Crippen LogP contribution < -0.4 is 15.0 Å². The number of nitrogens with zero attached hydrogens (tertiary/aromatic N) is 7. The lowest BCUT2D eigenvalue weighted by Crippen LogP contribution is -2.54. The van der Waals surface area contributed by atoms with E-state index in [0.29, 0.717) is 37.0 Å². The molecule has 0 radical (unpaired) electrons. The van der Waals surface area contributed by atoms with Crippen LogP contribution in [-0.4, -0.2) is 102 Å². The first kappa shape index (κ1) is 35.6. The summed E-state index contributed by atoms with van der Waals surface area (Å²) in [5.41, 5.74) is 2.43. The number of hydrogen-bond acceptors (Lipinski definition) is 12. The van der Waals surface area contributed by atoms with Crippen LogP contribution in [0.3, 0.4) is 0 Å². The summed E-state index contributed by atoms with van der Waals surface area (Å²) in [4.78, 5) is 73.4. The number of piperidine rings is 1. The number of aromatic nitrogens is 4. The van der Waals surface area contributed by atoms with E-state index in [1.807, 2.05) is 29.2 Å². The number of pyridine rings is 1. The molecule has 0 spiro atoms. The summed E-state index contributed by atoms with van der Waals surface area (Å²) in [6.45, 7) is 2.60. The zero-order valence-corrected chi connectivity index (χ0v) is 30.0. The monoisotopic (exact) mass is 744 g/mol. The normalized spacial score (nSPS) is 20.5. The van der Waals surface area contributed by atoms with Gasteiger partial charge in [-0.2, -0.15) is 0 Å². The Morgan fingerprint density at radius 2 is 1.76 bits per heavy atom. The van der Waals surface area contributed by atoms with Crippen LogP contribution in [0.4, 0.5) is 5.82 Å². The molecule has 1 unspecified atom stereocenters. The standard InChI is InChI=1S/C40H40N8O7/c49-32-12-2-1-10-29(32)33(50)17-19-45-23-28-21-27(45)24-47(28)35-14-3-7-25(41-35)8-5-18-46-22-26(43-44-46)9-6-20-55-34-13-4-11-30-37(34)40(54)48(39(30)53)31-15-16-36(51)42-38(31)52/h1-4,7,10-14,17,19,22,27-28,31,49H,5-6,8-9,15-16,18,20-21,23-24H2,(H,42,51,52)/b19-17+/t27-,28-,31?/m1/s1. The van der Waals surface area contributed by atoms with Gasteiger partial charge in [0.1, 0.15) is 23.4 Å². The molecule has 4 aliphatic heterocycles. The Hall–Kier alpha value is -6.38. The molecule has 15 nitrogen and oxygen atoms in total. The number of para-hydroxylation sites is 1. The number of phenolic OH excluding ortho intramolecular Hbond substituents is 1. The highest BCUT2D eigenvalue weighted by atomic mass is 16.5. The Morgan fingerprint density at radius 1 is 0.927 bits per heavy atom. The van der Waals surface area contributed by atoms with Crippen molar-refractivity contribution in [1.29, 1.82) is 0 Å². The number of imide groups is 2. The summed E-state index contributed by atoms with van der Waals surface area (Å²) in [5, 5.41) is 20.8. The van der Waals surface area contributed by atoms with Crippen molar-refractivity contribution in [2.75, 3.05) is 24.6 Å². The number of allylic oxidation sites excluding steroid dienone is 1. The second-order valence-electron chi connectivity index (χ2n) is 14.2. The summed E-state index contributed by atoms with van der Waals surface area (Å²) in [5.74, 6) is -1.23. The van der Waals surface area contributed by atoms with Crippen molar-refractivity contribution < 1.29 is 33.8 Å². The number of piperazine rings is 1. The van der Waals surface area contributed by atoms with Gasteiger partial charge < -0.3 is 19.6 Å². The van der Waals surface area contributed by atoms with Crippen molar-refractivity contribution in [1.82, 2.24) is 35.1 Å². The minimum atomic E-state index is -1.03. The van der Waals surface area contributed by atoms with Gasteiger partial charge in [-0.25, -0.2) is 4.98 Å². The molecule has 6 heterocycles. The van der Waals surface area contributed by atoms with Gasteiger partial charge in [0.25, 0.3) is 11.8 Å². The van der Waals surface area contributed by atoms with Gasteiger partial charge in [-0.15, -0.1) is 5.10 Å². The molecule has 8 rings (SSSR count). The summed E-state index contributed by atoms with van der Waals surface area (Å²) in [7, 11) is 0. The summed E-state index contributed by atoms with van der Waals surface area (Å²) in [6.07, 6.45) is 9.28. The number of nitrogens with one attached hydrogen (secondary N) is 1. The van der Waals surface area contributed by atoms with Crippen LogP contribution in [-0.2, 0) is 29.0 Å². The first-order valence-corrected chi connectivity index (χ1v) is 18.6. The SMILES string of the molecule is O=C1CCC(N2C(=O)c3cccc(OCCCc4cn(CCCc5cccc(N6C[C@H]7C[C@@H]6CN7/C=C/C(=O)c6ccccc6O)n5)nn4)c3C2=O)C(=O)N1. The molecule has 2 N–H and O–H groups in total. The lowest BCUT2D eigenvalue weighted by atomic mass is 10.0. The number of aryl methyl sites for hydroxylation is 3. The molecule has 3 fully saturated rings. The van der Waals surface area contributed by atoms with Crippen LogP contribution in [0.2, 0.25) is 0 Å². The Morgan fingerprint density at radius 3 is 2.58 bits per heavy atom. The number of phenols is 1. The second-order valence-corrected chi connectivity index (χ2v) is 14.2. The molecule has 2 bridgehead atoms. The number of carbonyl (C=O) groups excluding carboxylic acids is 5. The van der Waals surface area contributed by atoms with Gasteiger partial charge in [-0.05, 0) is 74.9 Å². The van der Waals surface area contributed by atoms with Crippen LogP contribution in [0, 0.1) is 0 Å². The van der Waals surface area contributed by atoms with Gasteiger partial charge in [0, 0.05) is 62.3 Å². The van der Waals surface area contributed by atoms with E-state index in [1.54, 1.807) is 36.4 Å². The molecule has 2 aromatic heterocycles. The maximum Gasteiger partial charge on any atom is 0.266 e. The number of ketones is 1. The van der Waals surface area contributed by atoms with Crippen LogP contribution >= 0.6 is 0 Å². The topological polar surface area (TPSA) is 180 Å². The first-order valence-electron chi connectivity index (χ1n) is 18.6. The molecule has 282 valence electrons.